The number of piperidine rings is 2. The summed E-state index contributed by atoms with van der Waals surface area (Å²) < 4.78 is 5.48. The van der Waals surface area contributed by atoms with Crippen LogP contribution in [0.25, 0.3) is 0 Å². The zero-order chi connectivity index (χ0) is 12.4. The van der Waals surface area contributed by atoms with Crippen LogP contribution in [0.15, 0.2) is 4.52 Å². The molecular formula is C13H22N4O. The van der Waals surface area contributed by atoms with Gasteiger partial charge in [0.1, 0.15) is 0 Å². The molecule has 100 valence electrons. The van der Waals surface area contributed by atoms with E-state index in [0.717, 1.165) is 63.6 Å². The minimum absolute atomic E-state index is 0.471. The lowest BCUT2D eigenvalue weighted by Crippen LogP contribution is -2.29. The molecule has 0 radical (unpaired) electrons. The molecular weight excluding hydrogens is 228 g/mol. The molecule has 1 N–H and O–H groups in total. The van der Waals surface area contributed by atoms with Gasteiger partial charge in [-0.2, -0.15) is 4.98 Å². The SMILES string of the molecule is CN1CCC(c2noc(C3CCNCC3)n2)CC1. The minimum atomic E-state index is 0.471. The van der Waals surface area contributed by atoms with Crippen LogP contribution >= 0.6 is 0 Å². The van der Waals surface area contributed by atoms with Crippen LogP contribution in [0.3, 0.4) is 0 Å². The first-order valence-corrected chi connectivity index (χ1v) is 7.05. The van der Waals surface area contributed by atoms with Gasteiger partial charge in [0.25, 0.3) is 0 Å². The van der Waals surface area contributed by atoms with E-state index in [1.54, 1.807) is 0 Å². The van der Waals surface area contributed by atoms with Crippen LogP contribution in [-0.2, 0) is 0 Å². The molecule has 0 unspecified atom stereocenters. The largest absolute Gasteiger partial charge is 0.339 e. The lowest BCUT2D eigenvalue weighted by molar-refractivity contribution is 0.247. The Morgan fingerprint density at radius 1 is 1.11 bits per heavy atom. The van der Waals surface area contributed by atoms with Crippen molar-refractivity contribution in [1.29, 1.82) is 0 Å². The van der Waals surface area contributed by atoms with E-state index < -0.39 is 0 Å². The number of hydrogen-bond donors (Lipinski definition) is 1. The number of nitrogens with one attached hydrogen (secondary N) is 1. The number of nitrogens with zero attached hydrogens (tertiary/aromatic N) is 3. The van der Waals surface area contributed by atoms with E-state index >= 15 is 0 Å². The van der Waals surface area contributed by atoms with Gasteiger partial charge in [0.05, 0.1) is 0 Å². The second-order valence-corrected chi connectivity index (χ2v) is 5.59. The Kier molecular flexibility index (Phi) is 3.61. The maximum absolute atomic E-state index is 5.48. The predicted octanol–water partition coefficient (Wildman–Crippen LogP) is 1.35. The molecule has 0 aliphatic carbocycles. The van der Waals surface area contributed by atoms with Gasteiger partial charge in [-0.1, -0.05) is 5.16 Å². The van der Waals surface area contributed by atoms with Crippen molar-refractivity contribution < 1.29 is 4.52 Å². The number of likely N-dealkylation sites (tertiary alicyclic amines) is 1. The van der Waals surface area contributed by atoms with Crippen LogP contribution in [0.4, 0.5) is 0 Å². The Balaban J connectivity index is 1.65. The summed E-state index contributed by atoms with van der Waals surface area (Å²) in [5.74, 6) is 2.78. The fraction of sp³-hybridized carbons (Fsp3) is 0.846. The molecule has 5 heteroatoms. The second-order valence-electron chi connectivity index (χ2n) is 5.59. The fourth-order valence-corrected chi connectivity index (χ4v) is 2.91. The van der Waals surface area contributed by atoms with Crippen LogP contribution in [0.5, 0.6) is 0 Å². The third-order valence-electron chi connectivity index (χ3n) is 4.23. The standard InChI is InChI=1S/C13H22N4O/c1-17-8-4-10(5-9-17)12-15-13(18-16-12)11-2-6-14-7-3-11/h10-11,14H,2-9H2,1H3. The Hall–Kier alpha value is -0.940. The van der Waals surface area contributed by atoms with Crippen molar-refractivity contribution in [2.24, 2.45) is 0 Å². The Bertz CT molecular complexity index is 378. The number of hydrogen-bond acceptors (Lipinski definition) is 5. The molecule has 1 aromatic rings. The summed E-state index contributed by atoms with van der Waals surface area (Å²) in [6.45, 7) is 4.41. The zero-order valence-corrected chi connectivity index (χ0v) is 11.1. The number of aromatic nitrogens is 2. The molecule has 0 saturated carbocycles. The monoisotopic (exact) mass is 250 g/mol. The highest BCUT2D eigenvalue weighted by Gasteiger charge is 2.26. The van der Waals surface area contributed by atoms with Crippen molar-refractivity contribution in [2.75, 3.05) is 33.2 Å². The average Bonchev–Trinajstić information content (AvgIpc) is 2.90. The van der Waals surface area contributed by atoms with Crippen LogP contribution < -0.4 is 5.32 Å². The lowest BCUT2D eigenvalue weighted by atomic mass is 9.96. The average molecular weight is 250 g/mol. The van der Waals surface area contributed by atoms with Gasteiger partial charge < -0.3 is 14.7 Å². The first kappa shape index (κ1) is 12.1. The van der Waals surface area contributed by atoms with Gasteiger partial charge in [-0.05, 0) is 58.9 Å². The summed E-state index contributed by atoms with van der Waals surface area (Å²) in [4.78, 5) is 7.02. The summed E-state index contributed by atoms with van der Waals surface area (Å²) >= 11 is 0. The first-order chi connectivity index (χ1) is 8.83. The van der Waals surface area contributed by atoms with E-state index in [2.05, 4.69) is 27.4 Å². The molecule has 1 aromatic heterocycles. The highest BCUT2D eigenvalue weighted by atomic mass is 16.5. The van der Waals surface area contributed by atoms with E-state index in [1.165, 1.54) is 0 Å². The zero-order valence-electron chi connectivity index (χ0n) is 11.1. The molecule has 0 bridgehead atoms. The maximum atomic E-state index is 5.48. The van der Waals surface area contributed by atoms with Crippen molar-refractivity contribution in [3.05, 3.63) is 11.7 Å². The minimum Gasteiger partial charge on any atom is -0.339 e. The molecule has 3 heterocycles. The molecule has 5 nitrogen and oxygen atoms in total. The van der Waals surface area contributed by atoms with Gasteiger partial charge >= 0.3 is 0 Å². The second kappa shape index (κ2) is 5.36. The Morgan fingerprint density at radius 2 is 1.83 bits per heavy atom. The van der Waals surface area contributed by atoms with Gasteiger partial charge in [0.2, 0.25) is 5.89 Å². The van der Waals surface area contributed by atoms with Crippen LogP contribution in [-0.4, -0.2) is 48.3 Å². The summed E-state index contributed by atoms with van der Waals surface area (Å²) in [5, 5.41) is 7.58. The normalized spacial score (nSPS) is 24.5. The fourth-order valence-electron chi connectivity index (χ4n) is 2.91. The molecule has 2 saturated heterocycles. The Morgan fingerprint density at radius 3 is 2.56 bits per heavy atom. The summed E-state index contributed by atoms with van der Waals surface area (Å²) in [6, 6.07) is 0. The highest BCUT2D eigenvalue weighted by Crippen LogP contribution is 2.28. The molecule has 3 rings (SSSR count). The molecule has 2 fully saturated rings. The number of rotatable bonds is 2. The van der Waals surface area contributed by atoms with Crippen molar-refractivity contribution in [1.82, 2.24) is 20.4 Å². The van der Waals surface area contributed by atoms with E-state index in [-0.39, 0.29) is 0 Å². The third kappa shape index (κ3) is 2.57. The van der Waals surface area contributed by atoms with Crippen LogP contribution in [0, 0.1) is 0 Å². The van der Waals surface area contributed by atoms with E-state index in [9.17, 15) is 0 Å². The van der Waals surface area contributed by atoms with Crippen molar-refractivity contribution in [3.63, 3.8) is 0 Å². The molecule has 0 atom stereocenters. The molecule has 18 heavy (non-hydrogen) atoms. The van der Waals surface area contributed by atoms with E-state index in [1.807, 2.05) is 0 Å². The third-order valence-corrected chi connectivity index (χ3v) is 4.23. The van der Waals surface area contributed by atoms with E-state index in [0.29, 0.717) is 11.8 Å². The molecule has 0 aromatic carbocycles. The van der Waals surface area contributed by atoms with E-state index in [4.69, 9.17) is 4.52 Å². The van der Waals surface area contributed by atoms with Gasteiger partial charge in [0.15, 0.2) is 5.82 Å². The highest BCUT2D eigenvalue weighted by molar-refractivity contribution is 5.01. The van der Waals surface area contributed by atoms with Crippen molar-refractivity contribution in [2.45, 2.75) is 37.5 Å². The van der Waals surface area contributed by atoms with Crippen molar-refractivity contribution in [3.8, 4) is 0 Å². The predicted molar refractivity (Wildman–Crippen MR) is 68.6 cm³/mol. The van der Waals surface area contributed by atoms with Gasteiger partial charge in [-0.25, -0.2) is 0 Å². The molecule has 2 aliphatic heterocycles. The summed E-state index contributed by atoms with van der Waals surface area (Å²) in [7, 11) is 2.17. The molecule has 0 spiro atoms. The van der Waals surface area contributed by atoms with Crippen LogP contribution in [0.2, 0.25) is 0 Å². The van der Waals surface area contributed by atoms with Gasteiger partial charge in [-0.15, -0.1) is 0 Å². The topological polar surface area (TPSA) is 54.2 Å². The summed E-state index contributed by atoms with van der Waals surface area (Å²) in [5.41, 5.74) is 0. The van der Waals surface area contributed by atoms with Crippen LogP contribution in [0.1, 0.15) is 49.2 Å². The first-order valence-electron chi connectivity index (χ1n) is 7.05. The smallest absolute Gasteiger partial charge is 0.229 e. The molecule has 0 amide bonds. The Labute approximate surface area is 108 Å². The van der Waals surface area contributed by atoms with Gasteiger partial charge in [0, 0.05) is 11.8 Å². The lowest BCUT2D eigenvalue weighted by Gasteiger charge is -2.26. The van der Waals surface area contributed by atoms with Crippen molar-refractivity contribution >= 4 is 0 Å². The maximum Gasteiger partial charge on any atom is 0.229 e. The molecule has 2 aliphatic rings. The summed E-state index contributed by atoms with van der Waals surface area (Å²) in [6.07, 6.45) is 4.55. The quantitative estimate of drug-likeness (QED) is 0.858. The van der Waals surface area contributed by atoms with Gasteiger partial charge in [-0.3, -0.25) is 0 Å².